The molecule has 0 aromatic heterocycles. The summed E-state index contributed by atoms with van der Waals surface area (Å²) in [5, 5.41) is 0. The lowest BCUT2D eigenvalue weighted by Gasteiger charge is -2.34. The maximum absolute atomic E-state index is 13.2. The number of fused-ring (bicyclic) bond motifs is 1. The number of likely N-dealkylation sites (tertiary alicyclic amines) is 2. The van der Waals surface area contributed by atoms with Crippen LogP contribution in [-0.2, 0) is 11.2 Å². The van der Waals surface area contributed by atoms with E-state index in [0.29, 0.717) is 25.1 Å². The Morgan fingerprint density at radius 3 is 2.57 bits per heavy atom. The van der Waals surface area contributed by atoms with Crippen LogP contribution in [0.15, 0.2) is 52.3 Å². The molecule has 1 atom stereocenters. The Morgan fingerprint density at radius 1 is 1.06 bits per heavy atom. The van der Waals surface area contributed by atoms with E-state index in [9.17, 15) is 14.4 Å². The molecular formula is C28H31N3O4. The molecule has 0 bridgehead atoms. The number of ketones is 1. The van der Waals surface area contributed by atoms with E-state index in [2.05, 4.69) is 9.89 Å². The van der Waals surface area contributed by atoms with Crippen molar-refractivity contribution in [2.75, 3.05) is 33.3 Å². The number of ether oxygens (including phenoxy) is 1. The zero-order valence-electron chi connectivity index (χ0n) is 20.3. The van der Waals surface area contributed by atoms with Gasteiger partial charge < -0.3 is 9.64 Å². The molecule has 182 valence electrons. The molecular weight excluding hydrogens is 442 g/mol. The molecule has 1 amide bonds. The summed E-state index contributed by atoms with van der Waals surface area (Å²) in [6.45, 7) is 4.61. The van der Waals surface area contributed by atoms with Gasteiger partial charge >= 0.3 is 0 Å². The summed E-state index contributed by atoms with van der Waals surface area (Å²) in [5.41, 5.74) is 4.00. The highest BCUT2D eigenvalue weighted by molar-refractivity contribution is 5.99. The first-order valence-corrected chi connectivity index (χ1v) is 12.3. The second-order valence-electron chi connectivity index (χ2n) is 9.72. The molecule has 7 nitrogen and oxygen atoms in total. The molecule has 7 heteroatoms. The minimum Gasteiger partial charge on any atom is -0.496 e. The number of nitrogens with zero attached hydrogens (tertiary/aromatic N) is 3. The normalized spacial score (nSPS) is 20.6. The molecule has 0 N–H and O–H groups in total. The van der Waals surface area contributed by atoms with E-state index in [0.717, 1.165) is 60.6 Å². The molecule has 3 aliphatic rings. The average molecular weight is 474 g/mol. The third-order valence-corrected chi connectivity index (χ3v) is 7.54. The van der Waals surface area contributed by atoms with Crippen LogP contribution in [0.3, 0.4) is 0 Å². The number of aliphatic imine (C=N–C) groups is 1. The van der Waals surface area contributed by atoms with Crippen LogP contribution in [0, 0.1) is 12.8 Å². The second-order valence-corrected chi connectivity index (χ2v) is 9.72. The zero-order chi connectivity index (χ0) is 24.5. The Bertz CT molecular complexity index is 1250. The number of methoxy groups -OCH3 is 1. The van der Waals surface area contributed by atoms with E-state index in [1.807, 2.05) is 42.2 Å². The highest BCUT2D eigenvalue weighted by atomic mass is 16.5. The predicted octanol–water partition coefficient (Wildman–Crippen LogP) is 3.19. The van der Waals surface area contributed by atoms with E-state index < -0.39 is 0 Å². The van der Waals surface area contributed by atoms with Crippen LogP contribution in [0.25, 0.3) is 0 Å². The monoisotopic (exact) mass is 473 g/mol. The maximum atomic E-state index is 13.2. The van der Waals surface area contributed by atoms with Crippen molar-refractivity contribution in [2.45, 2.75) is 38.6 Å². The molecule has 0 saturated carbocycles. The third-order valence-electron chi connectivity index (χ3n) is 7.54. The van der Waals surface area contributed by atoms with Crippen molar-refractivity contribution in [3.05, 3.63) is 69.4 Å². The lowest BCUT2D eigenvalue weighted by molar-refractivity contribution is -0.131. The molecule has 0 aliphatic carbocycles. The van der Waals surface area contributed by atoms with Crippen LogP contribution in [0.2, 0.25) is 0 Å². The lowest BCUT2D eigenvalue weighted by atomic mass is 9.87. The van der Waals surface area contributed by atoms with Crippen molar-refractivity contribution in [3.63, 3.8) is 0 Å². The van der Waals surface area contributed by atoms with Crippen LogP contribution in [0.1, 0.15) is 40.7 Å². The van der Waals surface area contributed by atoms with Gasteiger partial charge in [-0.25, -0.2) is 0 Å². The lowest BCUT2D eigenvalue weighted by Crippen LogP contribution is -2.47. The van der Waals surface area contributed by atoms with Crippen molar-refractivity contribution in [1.29, 1.82) is 0 Å². The average Bonchev–Trinajstić information content (AvgIpc) is 3.39. The zero-order valence-corrected chi connectivity index (χ0v) is 20.3. The summed E-state index contributed by atoms with van der Waals surface area (Å²) < 4.78 is 5.31. The quantitative estimate of drug-likeness (QED) is 0.602. The number of aryl methyl sites for hydroxylation is 1. The van der Waals surface area contributed by atoms with Crippen molar-refractivity contribution >= 4 is 23.1 Å². The Hall–Kier alpha value is -3.32. The van der Waals surface area contributed by atoms with Gasteiger partial charge in [-0.05, 0) is 75.2 Å². The number of carbonyl (C=O) groups is 2. The van der Waals surface area contributed by atoms with E-state index in [1.165, 1.54) is 0 Å². The molecule has 2 aromatic carbocycles. The SMILES string of the molecule is COc1ccc(C(=O)C2CCN([C@@H]3CCN(CC4=Nc5ccccc(=O)c5C4)C3=O)CC2)cc1C. The highest BCUT2D eigenvalue weighted by Crippen LogP contribution is 2.29. The fraction of sp³-hybridized carbons (Fsp3) is 0.429. The van der Waals surface area contributed by atoms with Gasteiger partial charge in [0, 0.05) is 35.7 Å². The van der Waals surface area contributed by atoms with Gasteiger partial charge in [-0.2, -0.15) is 0 Å². The molecule has 0 spiro atoms. The molecule has 3 heterocycles. The summed E-state index contributed by atoms with van der Waals surface area (Å²) in [7, 11) is 1.63. The summed E-state index contributed by atoms with van der Waals surface area (Å²) in [6.07, 6.45) is 2.82. The number of hydrogen-bond acceptors (Lipinski definition) is 6. The maximum Gasteiger partial charge on any atom is 0.240 e. The highest BCUT2D eigenvalue weighted by Gasteiger charge is 2.39. The van der Waals surface area contributed by atoms with E-state index in [4.69, 9.17) is 4.74 Å². The minimum atomic E-state index is -0.133. The van der Waals surface area contributed by atoms with Gasteiger partial charge in [0.15, 0.2) is 11.2 Å². The first-order chi connectivity index (χ1) is 16.9. The number of benzene rings is 1. The molecule has 2 fully saturated rings. The van der Waals surface area contributed by atoms with Gasteiger partial charge in [0.1, 0.15) is 5.75 Å². The molecule has 5 rings (SSSR count). The topological polar surface area (TPSA) is 79.3 Å². The summed E-state index contributed by atoms with van der Waals surface area (Å²) in [5.74, 6) is 1.09. The summed E-state index contributed by atoms with van der Waals surface area (Å²) in [4.78, 5) is 47.2. The van der Waals surface area contributed by atoms with Gasteiger partial charge in [0.05, 0.1) is 25.4 Å². The molecule has 2 saturated heterocycles. The smallest absolute Gasteiger partial charge is 0.240 e. The predicted molar refractivity (Wildman–Crippen MR) is 135 cm³/mol. The largest absolute Gasteiger partial charge is 0.496 e. The molecule has 2 aromatic rings. The molecule has 0 unspecified atom stereocenters. The Kier molecular flexibility index (Phi) is 6.52. The van der Waals surface area contributed by atoms with Crippen molar-refractivity contribution in [1.82, 2.24) is 9.80 Å². The Morgan fingerprint density at radius 2 is 1.83 bits per heavy atom. The van der Waals surface area contributed by atoms with E-state index >= 15 is 0 Å². The van der Waals surface area contributed by atoms with Crippen molar-refractivity contribution in [3.8, 4) is 5.75 Å². The number of piperidine rings is 1. The van der Waals surface area contributed by atoms with Gasteiger partial charge in [0.25, 0.3) is 0 Å². The van der Waals surface area contributed by atoms with Crippen LogP contribution in [-0.4, -0.2) is 66.5 Å². The minimum absolute atomic E-state index is 0.00315. The number of rotatable bonds is 6. The number of amides is 1. The molecule has 35 heavy (non-hydrogen) atoms. The Labute approximate surface area is 205 Å². The second kappa shape index (κ2) is 9.74. The van der Waals surface area contributed by atoms with Gasteiger partial charge in [-0.15, -0.1) is 0 Å². The standard InChI is InChI=1S/C28H31N3O4/c1-18-15-20(7-8-26(18)35-2)27(33)19-9-12-30(13-10-19)24-11-14-31(28(24)34)17-21-16-22-23(29-21)5-3-4-6-25(22)32/h3-8,15,19,24H,9-14,16-17H2,1-2H3/t24-/m1/s1. The number of Topliss-reactive ketones (excluding diaryl/α,β-unsaturated/α-hetero) is 1. The Balaban J connectivity index is 1.17. The first kappa shape index (κ1) is 23.4. The summed E-state index contributed by atoms with van der Waals surface area (Å²) in [6, 6.07) is 12.5. The van der Waals surface area contributed by atoms with E-state index in [-0.39, 0.29) is 29.1 Å². The van der Waals surface area contributed by atoms with Crippen LogP contribution < -0.4 is 10.2 Å². The fourth-order valence-electron chi connectivity index (χ4n) is 5.58. The molecule has 3 aliphatic heterocycles. The fourth-order valence-corrected chi connectivity index (χ4v) is 5.58. The van der Waals surface area contributed by atoms with E-state index in [1.54, 1.807) is 19.2 Å². The number of carbonyl (C=O) groups excluding carboxylic acids is 2. The first-order valence-electron chi connectivity index (χ1n) is 12.3. The van der Waals surface area contributed by atoms with Crippen LogP contribution in [0.4, 0.5) is 5.69 Å². The number of hydrogen-bond donors (Lipinski definition) is 0. The van der Waals surface area contributed by atoms with Gasteiger partial charge in [0.2, 0.25) is 5.91 Å². The third kappa shape index (κ3) is 4.65. The van der Waals surface area contributed by atoms with Crippen LogP contribution in [0.5, 0.6) is 5.75 Å². The molecule has 0 radical (unpaired) electrons. The van der Waals surface area contributed by atoms with Crippen molar-refractivity contribution in [2.24, 2.45) is 10.9 Å². The summed E-state index contributed by atoms with van der Waals surface area (Å²) >= 11 is 0. The van der Waals surface area contributed by atoms with Gasteiger partial charge in [-0.3, -0.25) is 24.3 Å². The van der Waals surface area contributed by atoms with Gasteiger partial charge in [-0.1, -0.05) is 12.1 Å². The van der Waals surface area contributed by atoms with Crippen molar-refractivity contribution < 1.29 is 14.3 Å². The van der Waals surface area contributed by atoms with Crippen LogP contribution >= 0.6 is 0 Å².